The lowest BCUT2D eigenvalue weighted by Gasteiger charge is -2.20. The Kier molecular flexibility index (Phi) is 40.5. The van der Waals surface area contributed by atoms with Gasteiger partial charge in [-0.3, -0.25) is 18.6 Å². The number of carboxylic acids is 1. The summed E-state index contributed by atoms with van der Waals surface area (Å²) in [4.78, 5) is 33.6. The largest absolute Gasteiger partial charge is 0.480 e. The molecule has 4 N–H and O–H groups in total. The molecule has 0 aromatic rings. The molecule has 0 bridgehead atoms. The lowest BCUT2D eigenvalue weighted by atomic mass is 10.1. The average Bonchev–Trinajstić information content (AvgIpc) is 3.19. The van der Waals surface area contributed by atoms with Gasteiger partial charge in [-0.1, -0.05) is 159 Å². The fraction of sp³-hybridized carbons (Fsp3) is 0.783. The van der Waals surface area contributed by atoms with Crippen molar-refractivity contribution in [3.63, 3.8) is 0 Å². The van der Waals surface area contributed by atoms with E-state index in [0.717, 1.165) is 64.2 Å². The molecule has 0 spiro atoms. The van der Waals surface area contributed by atoms with Gasteiger partial charge in [0.05, 0.1) is 19.8 Å². The fourth-order valence-electron chi connectivity index (χ4n) is 6.02. The van der Waals surface area contributed by atoms with Crippen molar-refractivity contribution in [2.24, 2.45) is 5.73 Å². The molecular weight excluding hydrogens is 741 g/mol. The van der Waals surface area contributed by atoms with Gasteiger partial charge in [0, 0.05) is 13.0 Å². The Balaban J connectivity index is 4.24. The molecule has 0 rings (SSSR count). The van der Waals surface area contributed by atoms with Crippen molar-refractivity contribution in [3.05, 3.63) is 48.6 Å². The van der Waals surface area contributed by atoms with Crippen LogP contribution in [0.1, 0.15) is 194 Å². The third kappa shape index (κ3) is 41.9. The summed E-state index contributed by atoms with van der Waals surface area (Å²) in [5.41, 5.74) is 5.36. The van der Waals surface area contributed by atoms with Gasteiger partial charge in [-0.25, -0.2) is 4.57 Å². The first-order valence-electron chi connectivity index (χ1n) is 22.7. The Hall–Kier alpha value is -2.07. The van der Waals surface area contributed by atoms with Gasteiger partial charge in [0.15, 0.2) is 0 Å². The SMILES string of the molecule is CCCCC/C=C\C/C=C\CCCCCCCCCCCC(=O)OC(COCCCCCCCC/C=C\C/C=C\CCCCC)COP(=O)(O)OCC(N)C(=O)O. The van der Waals surface area contributed by atoms with E-state index in [-0.39, 0.29) is 13.0 Å². The minimum absolute atomic E-state index is 0.00741. The molecule has 0 aliphatic carbocycles. The van der Waals surface area contributed by atoms with E-state index in [0.29, 0.717) is 13.0 Å². The number of phosphoric ester groups is 1. The van der Waals surface area contributed by atoms with Crippen molar-refractivity contribution in [1.29, 1.82) is 0 Å². The normalized spacial score (nSPS) is 14.3. The molecule has 0 aliphatic heterocycles. The first-order chi connectivity index (χ1) is 27.7. The lowest BCUT2D eigenvalue weighted by Crippen LogP contribution is -2.34. The zero-order valence-electron chi connectivity index (χ0n) is 36.2. The molecular formula is C46H84NO9P. The molecule has 11 heteroatoms. The predicted molar refractivity (Wildman–Crippen MR) is 235 cm³/mol. The molecule has 0 heterocycles. The molecule has 0 aromatic carbocycles. The number of unbranched alkanes of at least 4 members (excludes halogenated alkanes) is 21. The van der Waals surface area contributed by atoms with E-state index in [4.69, 9.17) is 29.4 Å². The molecule has 57 heavy (non-hydrogen) atoms. The quantitative estimate of drug-likeness (QED) is 0.0234. The van der Waals surface area contributed by atoms with Gasteiger partial charge in [-0.2, -0.15) is 0 Å². The molecule has 332 valence electrons. The van der Waals surface area contributed by atoms with E-state index in [2.05, 4.69) is 62.5 Å². The van der Waals surface area contributed by atoms with Crippen molar-refractivity contribution in [2.45, 2.75) is 206 Å². The van der Waals surface area contributed by atoms with Crippen LogP contribution in [0.25, 0.3) is 0 Å². The summed E-state index contributed by atoms with van der Waals surface area (Å²) >= 11 is 0. The zero-order chi connectivity index (χ0) is 41.9. The topological polar surface area (TPSA) is 155 Å². The van der Waals surface area contributed by atoms with Gasteiger partial charge >= 0.3 is 19.8 Å². The Morgan fingerprint density at radius 3 is 1.42 bits per heavy atom. The monoisotopic (exact) mass is 826 g/mol. The molecule has 3 atom stereocenters. The minimum Gasteiger partial charge on any atom is -0.480 e. The van der Waals surface area contributed by atoms with Crippen molar-refractivity contribution in [2.75, 3.05) is 26.4 Å². The number of carbonyl (C=O) groups excluding carboxylic acids is 1. The van der Waals surface area contributed by atoms with Crippen LogP contribution < -0.4 is 5.73 Å². The maximum atomic E-state index is 12.6. The van der Waals surface area contributed by atoms with Crippen LogP contribution in [0.15, 0.2) is 48.6 Å². The second-order valence-electron chi connectivity index (χ2n) is 15.2. The number of nitrogens with two attached hydrogens (primary N) is 1. The maximum absolute atomic E-state index is 12.6. The van der Waals surface area contributed by atoms with Gasteiger partial charge in [0.1, 0.15) is 12.1 Å². The lowest BCUT2D eigenvalue weighted by molar-refractivity contribution is -0.154. The molecule has 3 unspecified atom stereocenters. The predicted octanol–water partition coefficient (Wildman–Crippen LogP) is 12.6. The highest BCUT2D eigenvalue weighted by atomic mass is 31.2. The molecule has 0 aliphatic rings. The van der Waals surface area contributed by atoms with Crippen LogP contribution in [0.5, 0.6) is 0 Å². The molecule has 0 fully saturated rings. The number of rotatable bonds is 43. The van der Waals surface area contributed by atoms with E-state index in [1.165, 1.54) is 103 Å². The van der Waals surface area contributed by atoms with E-state index < -0.39 is 45.1 Å². The van der Waals surface area contributed by atoms with Crippen LogP contribution in [0.4, 0.5) is 0 Å². The molecule has 0 radical (unpaired) electrons. The number of hydrogen-bond donors (Lipinski definition) is 3. The summed E-state index contributed by atoms with van der Waals surface area (Å²) < 4.78 is 33.4. The second kappa shape index (κ2) is 42.1. The maximum Gasteiger partial charge on any atom is 0.472 e. The first kappa shape index (κ1) is 54.9. The van der Waals surface area contributed by atoms with E-state index in [1.54, 1.807) is 0 Å². The molecule has 0 amide bonds. The number of esters is 1. The van der Waals surface area contributed by atoms with E-state index in [9.17, 15) is 19.0 Å². The summed E-state index contributed by atoms with van der Waals surface area (Å²) in [6.45, 7) is 3.81. The third-order valence-corrected chi connectivity index (χ3v) is 10.5. The summed E-state index contributed by atoms with van der Waals surface area (Å²) in [6.07, 6.45) is 48.7. The average molecular weight is 826 g/mol. The zero-order valence-corrected chi connectivity index (χ0v) is 37.1. The summed E-state index contributed by atoms with van der Waals surface area (Å²) in [5, 5.41) is 8.90. The van der Waals surface area contributed by atoms with E-state index >= 15 is 0 Å². The van der Waals surface area contributed by atoms with Gasteiger partial charge < -0.3 is 25.2 Å². The number of phosphoric acid groups is 1. The summed E-state index contributed by atoms with van der Waals surface area (Å²) in [6, 6.07) is -1.48. The summed E-state index contributed by atoms with van der Waals surface area (Å²) in [5.74, 6) is -1.79. The van der Waals surface area contributed by atoms with Crippen molar-refractivity contribution < 1.29 is 42.7 Å². The molecule has 0 saturated heterocycles. The van der Waals surface area contributed by atoms with Crippen molar-refractivity contribution >= 4 is 19.8 Å². The standard InChI is InChI=1S/C46H84NO9P/c1-3-5-7-9-11-13-15-17-19-21-22-23-24-26-28-30-32-34-36-38-45(48)56-43(41-54-57(51,52)55-42-44(47)46(49)50)40-53-39-37-35-33-31-29-27-25-20-18-16-14-12-10-8-6-4-2/h11-14,17-20,43-44H,3-10,15-16,21-42,47H2,1-2H3,(H,49,50)(H,51,52)/b13-11-,14-12-,19-17-,20-18-. The van der Waals surface area contributed by atoms with Crippen molar-refractivity contribution in [3.8, 4) is 0 Å². The Morgan fingerprint density at radius 1 is 0.561 bits per heavy atom. The van der Waals surface area contributed by atoms with Crippen molar-refractivity contribution in [1.82, 2.24) is 0 Å². The number of ether oxygens (including phenoxy) is 2. The van der Waals surface area contributed by atoms with Gasteiger partial charge in [0.25, 0.3) is 0 Å². The van der Waals surface area contributed by atoms with Crippen LogP contribution in [0.2, 0.25) is 0 Å². The molecule has 10 nitrogen and oxygen atoms in total. The van der Waals surface area contributed by atoms with E-state index in [1.807, 2.05) is 0 Å². The van der Waals surface area contributed by atoms with Crippen LogP contribution in [0.3, 0.4) is 0 Å². The minimum atomic E-state index is -4.62. The Morgan fingerprint density at radius 2 is 0.965 bits per heavy atom. The molecule has 0 aromatic heterocycles. The van der Waals surface area contributed by atoms with Crippen LogP contribution in [0, 0.1) is 0 Å². The number of carboxylic acid groups (broad SMARTS) is 1. The number of carbonyl (C=O) groups is 2. The molecule has 0 saturated carbocycles. The third-order valence-electron chi connectivity index (χ3n) is 9.58. The highest BCUT2D eigenvalue weighted by molar-refractivity contribution is 7.47. The van der Waals surface area contributed by atoms with Gasteiger partial charge in [-0.15, -0.1) is 0 Å². The number of allylic oxidation sites excluding steroid dienone is 8. The van der Waals surface area contributed by atoms with Crippen LogP contribution in [-0.2, 0) is 32.7 Å². The summed E-state index contributed by atoms with van der Waals surface area (Å²) in [7, 11) is -4.62. The smallest absolute Gasteiger partial charge is 0.472 e. The number of hydrogen-bond acceptors (Lipinski definition) is 8. The van der Waals surface area contributed by atoms with Gasteiger partial charge in [-0.05, 0) is 77.0 Å². The van der Waals surface area contributed by atoms with Gasteiger partial charge in [0.2, 0.25) is 0 Å². The first-order valence-corrected chi connectivity index (χ1v) is 24.2. The fourth-order valence-corrected chi connectivity index (χ4v) is 6.79. The van der Waals surface area contributed by atoms with Crippen LogP contribution in [-0.4, -0.2) is 60.5 Å². The highest BCUT2D eigenvalue weighted by Crippen LogP contribution is 2.43. The second-order valence-corrected chi connectivity index (χ2v) is 16.6. The van der Waals surface area contributed by atoms with Crippen LogP contribution >= 0.6 is 7.82 Å². The Labute approximate surface area is 348 Å². The Bertz CT molecular complexity index is 1090. The number of aliphatic carboxylic acids is 1. The highest BCUT2D eigenvalue weighted by Gasteiger charge is 2.27.